The van der Waals surface area contributed by atoms with Gasteiger partial charge in [0.15, 0.2) is 6.10 Å². The number of rotatable bonds is 5. The number of benzene rings is 2. The maximum Gasteiger partial charge on any atom is 0.331 e. The number of ether oxygens (including phenoxy) is 1. The van der Waals surface area contributed by atoms with Crippen LogP contribution in [0.3, 0.4) is 0 Å². The molecule has 0 radical (unpaired) electrons. The average molecular weight is 362 g/mol. The van der Waals surface area contributed by atoms with Gasteiger partial charge >= 0.3 is 5.97 Å². The largest absolute Gasteiger partial charge is 0.449 e. The first-order chi connectivity index (χ1) is 11.9. The smallest absolute Gasteiger partial charge is 0.331 e. The molecular formula is C19H17ClFNO3. The molecule has 2 aromatic carbocycles. The third-order valence-electron chi connectivity index (χ3n) is 3.45. The van der Waals surface area contributed by atoms with Crippen LogP contribution in [0, 0.1) is 12.7 Å². The molecule has 0 aromatic heterocycles. The number of halogens is 2. The highest BCUT2D eigenvalue weighted by atomic mass is 35.5. The molecule has 6 heteroatoms. The van der Waals surface area contributed by atoms with Crippen LogP contribution >= 0.6 is 11.6 Å². The number of hydrogen-bond acceptors (Lipinski definition) is 3. The number of aryl methyl sites for hydroxylation is 1. The fourth-order valence-corrected chi connectivity index (χ4v) is 2.26. The number of hydrogen-bond donors (Lipinski definition) is 1. The lowest BCUT2D eigenvalue weighted by atomic mass is 10.2. The van der Waals surface area contributed by atoms with Gasteiger partial charge in [-0.1, -0.05) is 35.9 Å². The maximum atomic E-state index is 13.6. The number of para-hydroxylation sites is 1. The van der Waals surface area contributed by atoms with E-state index in [1.54, 1.807) is 12.1 Å². The van der Waals surface area contributed by atoms with Crippen molar-refractivity contribution in [3.8, 4) is 0 Å². The first kappa shape index (κ1) is 18.7. The predicted octanol–water partition coefficient (Wildman–Crippen LogP) is 4.37. The molecule has 0 spiro atoms. The van der Waals surface area contributed by atoms with E-state index in [1.165, 1.54) is 31.2 Å². The molecule has 0 fully saturated rings. The van der Waals surface area contributed by atoms with Gasteiger partial charge in [0.2, 0.25) is 0 Å². The van der Waals surface area contributed by atoms with Crippen LogP contribution < -0.4 is 5.32 Å². The van der Waals surface area contributed by atoms with Crippen LogP contribution in [-0.4, -0.2) is 18.0 Å². The summed E-state index contributed by atoms with van der Waals surface area (Å²) in [5.74, 6) is -1.78. The second kappa shape index (κ2) is 8.44. The average Bonchev–Trinajstić information content (AvgIpc) is 2.56. The lowest BCUT2D eigenvalue weighted by molar-refractivity contribution is -0.148. The molecule has 0 unspecified atom stereocenters. The Morgan fingerprint density at radius 1 is 1.20 bits per heavy atom. The van der Waals surface area contributed by atoms with Crippen molar-refractivity contribution < 1.29 is 18.7 Å². The molecule has 1 N–H and O–H groups in total. The van der Waals surface area contributed by atoms with Crippen LogP contribution in [0.1, 0.15) is 18.1 Å². The molecule has 4 nitrogen and oxygen atoms in total. The molecule has 1 amide bonds. The maximum absolute atomic E-state index is 13.6. The van der Waals surface area contributed by atoms with E-state index in [0.29, 0.717) is 5.69 Å². The minimum atomic E-state index is -1.01. The van der Waals surface area contributed by atoms with Gasteiger partial charge in [-0.25, -0.2) is 9.18 Å². The van der Waals surface area contributed by atoms with Crippen molar-refractivity contribution in [2.75, 3.05) is 5.32 Å². The minimum Gasteiger partial charge on any atom is -0.449 e. The summed E-state index contributed by atoms with van der Waals surface area (Å²) in [6.07, 6.45) is 1.24. The summed E-state index contributed by atoms with van der Waals surface area (Å²) in [4.78, 5) is 23.9. The van der Waals surface area contributed by atoms with Crippen LogP contribution in [0.25, 0.3) is 6.08 Å². The highest BCUT2D eigenvalue weighted by Crippen LogP contribution is 2.20. The molecule has 130 valence electrons. The fraction of sp³-hybridized carbons (Fsp3) is 0.158. The molecular weight excluding hydrogens is 345 g/mol. The summed E-state index contributed by atoms with van der Waals surface area (Å²) < 4.78 is 18.6. The van der Waals surface area contributed by atoms with E-state index in [2.05, 4.69) is 5.32 Å². The van der Waals surface area contributed by atoms with Gasteiger partial charge in [-0.15, -0.1) is 0 Å². The Balaban J connectivity index is 1.97. The topological polar surface area (TPSA) is 55.4 Å². The zero-order chi connectivity index (χ0) is 18.4. The summed E-state index contributed by atoms with van der Waals surface area (Å²) >= 11 is 5.87. The van der Waals surface area contributed by atoms with Gasteiger partial charge in [-0.2, -0.15) is 0 Å². The van der Waals surface area contributed by atoms with Crippen molar-refractivity contribution in [3.05, 3.63) is 70.5 Å². The quantitative estimate of drug-likeness (QED) is 0.635. The van der Waals surface area contributed by atoms with Crippen molar-refractivity contribution >= 4 is 35.2 Å². The lowest BCUT2D eigenvalue weighted by Gasteiger charge is -2.13. The SMILES string of the molecule is Cc1ccccc1NC(=O)[C@@H](C)OC(=O)/C=C/c1c(F)cccc1Cl. The van der Waals surface area contributed by atoms with Gasteiger partial charge in [-0.3, -0.25) is 4.79 Å². The van der Waals surface area contributed by atoms with E-state index >= 15 is 0 Å². The van der Waals surface area contributed by atoms with Gasteiger partial charge in [0.1, 0.15) is 5.82 Å². The van der Waals surface area contributed by atoms with Crippen LogP contribution in [0.15, 0.2) is 48.5 Å². The number of anilines is 1. The molecule has 25 heavy (non-hydrogen) atoms. The van der Waals surface area contributed by atoms with Crippen molar-refractivity contribution in [1.29, 1.82) is 0 Å². The molecule has 0 saturated carbocycles. The van der Waals surface area contributed by atoms with Gasteiger partial charge in [0.05, 0.1) is 5.02 Å². The third kappa shape index (κ3) is 5.16. The van der Waals surface area contributed by atoms with Crippen LogP contribution in [0.2, 0.25) is 5.02 Å². The first-order valence-corrected chi connectivity index (χ1v) is 7.95. The Bertz CT molecular complexity index is 800. The van der Waals surface area contributed by atoms with Gasteiger partial charge < -0.3 is 10.1 Å². The van der Waals surface area contributed by atoms with E-state index in [-0.39, 0.29) is 10.6 Å². The molecule has 0 aliphatic rings. The highest BCUT2D eigenvalue weighted by molar-refractivity contribution is 6.32. The summed E-state index contributed by atoms with van der Waals surface area (Å²) in [6, 6.07) is 11.5. The Kier molecular flexibility index (Phi) is 6.31. The van der Waals surface area contributed by atoms with Gasteiger partial charge in [0, 0.05) is 17.3 Å². The van der Waals surface area contributed by atoms with Crippen LogP contribution in [-0.2, 0) is 14.3 Å². The number of esters is 1. The second-order valence-corrected chi connectivity index (χ2v) is 5.76. The van der Waals surface area contributed by atoms with E-state index < -0.39 is 23.8 Å². The summed E-state index contributed by atoms with van der Waals surface area (Å²) in [6.45, 7) is 3.31. The van der Waals surface area contributed by atoms with Crippen molar-refractivity contribution in [1.82, 2.24) is 0 Å². The first-order valence-electron chi connectivity index (χ1n) is 7.57. The van der Waals surface area contributed by atoms with Gasteiger partial charge in [-0.05, 0) is 43.7 Å². The predicted molar refractivity (Wildman–Crippen MR) is 95.8 cm³/mol. The van der Waals surface area contributed by atoms with Gasteiger partial charge in [0.25, 0.3) is 5.91 Å². The summed E-state index contributed by atoms with van der Waals surface area (Å²) in [5, 5.41) is 2.86. The fourth-order valence-electron chi connectivity index (χ4n) is 2.04. The zero-order valence-corrected chi connectivity index (χ0v) is 14.5. The third-order valence-corrected chi connectivity index (χ3v) is 3.78. The van der Waals surface area contributed by atoms with Crippen LogP contribution in [0.4, 0.5) is 10.1 Å². The monoisotopic (exact) mass is 361 g/mol. The number of carbonyl (C=O) groups is 2. The second-order valence-electron chi connectivity index (χ2n) is 5.35. The molecule has 1 atom stereocenters. The van der Waals surface area contributed by atoms with E-state index in [4.69, 9.17) is 16.3 Å². The normalized spacial score (nSPS) is 12.0. The van der Waals surface area contributed by atoms with Crippen molar-refractivity contribution in [2.45, 2.75) is 20.0 Å². The Hall–Kier alpha value is -2.66. The molecule has 0 saturated heterocycles. The van der Waals surface area contributed by atoms with E-state index in [1.807, 2.05) is 19.1 Å². The van der Waals surface area contributed by atoms with E-state index in [0.717, 1.165) is 11.6 Å². The minimum absolute atomic E-state index is 0.0816. The molecule has 0 bridgehead atoms. The molecule has 2 rings (SSSR count). The van der Waals surface area contributed by atoms with Crippen molar-refractivity contribution in [3.63, 3.8) is 0 Å². The summed E-state index contributed by atoms with van der Waals surface area (Å²) in [7, 11) is 0. The Labute approximate surface area is 150 Å². The summed E-state index contributed by atoms with van der Waals surface area (Å²) in [5.41, 5.74) is 1.62. The highest BCUT2D eigenvalue weighted by Gasteiger charge is 2.17. The molecule has 0 heterocycles. The van der Waals surface area contributed by atoms with Crippen LogP contribution in [0.5, 0.6) is 0 Å². The number of nitrogens with one attached hydrogen (secondary N) is 1. The molecule has 2 aromatic rings. The van der Waals surface area contributed by atoms with E-state index in [9.17, 15) is 14.0 Å². The Morgan fingerprint density at radius 3 is 2.60 bits per heavy atom. The standard InChI is InChI=1S/C19H17ClFNO3/c1-12-6-3-4-9-17(12)22-19(24)13(2)25-18(23)11-10-14-15(20)7-5-8-16(14)21/h3-11,13H,1-2H3,(H,22,24)/b11-10+/t13-/m1/s1. The van der Waals surface area contributed by atoms with Crippen molar-refractivity contribution in [2.24, 2.45) is 0 Å². The number of carbonyl (C=O) groups excluding carboxylic acids is 2. The zero-order valence-electron chi connectivity index (χ0n) is 13.8. The molecule has 0 aliphatic carbocycles. The lowest BCUT2D eigenvalue weighted by Crippen LogP contribution is -2.29. The molecule has 0 aliphatic heterocycles. The number of amides is 1. The Morgan fingerprint density at radius 2 is 1.92 bits per heavy atom.